The van der Waals surface area contributed by atoms with Gasteiger partial charge in [0, 0.05) is 8.95 Å². The first kappa shape index (κ1) is 23.5. The molecule has 0 atom stereocenters. The highest BCUT2D eigenvalue weighted by Gasteiger charge is 2.36. The highest BCUT2D eigenvalue weighted by molar-refractivity contribution is 9.10. The van der Waals surface area contributed by atoms with E-state index in [0.717, 1.165) is 8.95 Å². The van der Waals surface area contributed by atoms with Crippen LogP contribution in [-0.2, 0) is 10.8 Å². The minimum atomic E-state index is -2.22. The topological polar surface area (TPSA) is 0 Å². The van der Waals surface area contributed by atoms with Crippen LogP contribution in [0.25, 0.3) is 0 Å². The van der Waals surface area contributed by atoms with E-state index in [9.17, 15) is 0 Å². The average molecular weight is 544 g/mol. The summed E-state index contributed by atoms with van der Waals surface area (Å²) >= 11 is 7.63. The molecule has 3 aromatic carbocycles. The summed E-state index contributed by atoms with van der Waals surface area (Å²) in [5.74, 6) is 0. The van der Waals surface area contributed by atoms with Gasteiger partial charge in [-0.15, -0.1) is 0 Å². The maximum Gasteiger partial charge on any atom is 0.145 e. The van der Waals surface area contributed by atoms with Crippen molar-refractivity contribution in [2.24, 2.45) is 0 Å². The second kappa shape index (κ2) is 8.41. The fraction of sp³-hybridized carbons (Fsp3) is 0.333. The van der Waals surface area contributed by atoms with Crippen molar-refractivity contribution in [1.29, 1.82) is 0 Å². The maximum absolute atomic E-state index is 3.82. The Morgan fingerprint density at radius 3 is 1.33 bits per heavy atom. The van der Waals surface area contributed by atoms with Crippen LogP contribution >= 0.6 is 31.9 Å². The van der Waals surface area contributed by atoms with E-state index < -0.39 is 8.07 Å². The van der Waals surface area contributed by atoms with E-state index in [1.165, 1.54) is 26.7 Å². The molecule has 0 aliphatic rings. The lowest BCUT2D eigenvalue weighted by molar-refractivity contribution is 0.590. The van der Waals surface area contributed by atoms with E-state index in [1.54, 1.807) is 0 Å². The fourth-order valence-electron chi connectivity index (χ4n) is 3.89. The van der Waals surface area contributed by atoms with Crippen molar-refractivity contribution in [2.75, 3.05) is 0 Å². The van der Waals surface area contributed by atoms with E-state index >= 15 is 0 Å². The van der Waals surface area contributed by atoms with Crippen molar-refractivity contribution < 1.29 is 0 Å². The van der Waals surface area contributed by atoms with Gasteiger partial charge >= 0.3 is 0 Å². The van der Waals surface area contributed by atoms with E-state index in [1.807, 2.05) is 0 Å². The molecule has 0 aliphatic carbocycles. The molecule has 0 spiro atoms. The summed E-state index contributed by atoms with van der Waals surface area (Å²) < 4.78 is 2.32. The summed E-state index contributed by atoms with van der Waals surface area (Å²) in [4.78, 5) is 0. The molecule has 0 fully saturated rings. The van der Waals surface area contributed by atoms with Gasteiger partial charge in [0.05, 0.1) is 0 Å². The first-order valence-electron chi connectivity index (χ1n) is 10.5. The van der Waals surface area contributed by atoms with E-state index in [0.29, 0.717) is 0 Å². The van der Waals surface area contributed by atoms with Crippen LogP contribution in [0.15, 0.2) is 75.7 Å². The minimum absolute atomic E-state index is 0.0956. The molecule has 0 radical (unpaired) electrons. The van der Waals surface area contributed by atoms with Gasteiger partial charge in [0.15, 0.2) is 0 Å². The molecule has 0 bridgehead atoms. The second-order valence-corrected chi connectivity index (χ2v) is 16.3. The highest BCUT2D eigenvalue weighted by Crippen LogP contribution is 2.28. The second-order valence-electron chi connectivity index (χ2n) is 10.4. The summed E-state index contributed by atoms with van der Waals surface area (Å²) in [7, 11) is -2.22. The number of halogens is 2. The summed E-state index contributed by atoms with van der Waals surface area (Å²) in [5, 5.41) is 4.30. The zero-order chi connectivity index (χ0) is 22.3. The van der Waals surface area contributed by atoms with Gasteiger partial charge in [-0.1, -0.05) is 122 Å². The SMILES string of the molecule is CC(C)(C)c1cc(Br)cc([Si](C)(c2ccccc2)c2cc(Br)cc(C(C)(C)C)c2)c1. The van der Waals surface area contributed by atoms with Crippen LogP contribution in [0.1, 0.15) is 52.7 Å². The van der Waals surface area contributed by atoms with Crippen LogP contribution < -0.4 is 15.6 Å². The summed E-state index contributed by atoms with van der Waals surface area (Å²) in [6.07, 6.45) is 0. The summed E-state index contributed by atoms with van der Waals surface area (Å²) in [6.45, 7) is 16.2. The molecular formula is C27H32Br2Si. The fourth-order valence-corrected chi connectivity index (χ4v) is 8.94. The van der Waals surface area contributed by atoms with Crippen molar-refractivity contribution >= 4 is 55.5 Å². The largest absolute Gasteiger partial charge is 0.145 e. The summed E-state index contributed by atoms with van der Waals surface area (Å²) in [6, 6.07) is 25.2. The smallest absolute Gasteiger partial charge is 0.0624 e. The zero-order valence-electron chi connectivity index (χ0n) is 19.1. The predicted molar refractivity (Wildman–Crippen MR) is 143 cm³/mol. The van der Waals surface area contributed by atoms with Gasteiger partial charge in [0.2, 0.25) is 0 Å². The molecule has 0 nitrogen and oxygen atoms in total. The van der Waals surface area contributed by atoms with Gasteiger partial charge in [-0.25, -0.2) is 0 Å². The molecule has 30 heavy (non-hydrogen) atoms. The Kier molecular flexibility index (Phi) is 6.58. The molecule has 0 N–H and O–H groups in total. The van der Waals surface area contributed by atoms with Crippen LogP contribution in [-0.4, -0.2) is 8.07 Å². The molecule has 0 saturated heterocycles. The maximum atomic E-state index is 3.82. The quantitative estimate of drug-likeness (QED) is 0.249. The van der Waals surface area contributed by atoms with Gasteiger partial charge in [0.1, 0.15) is 8.07 Å². The lowest BCUT2D eigenvalue weighted by atomic mass is 9.87. The number of benzene rings is 3. The van der Waals surface area contributed by atoms with Gasteiger partial charge in [-0.2, -0.15) is 0 Å². The third kappa shape index (κ3) is 4.84. The third-order valence-corrected chi connectivity index (χ3v) is 11.3. The normalized spacial score (nSPS) is 12.8. The molecule has 0 amide bonds. The predicted octanol–water partition coefficient (Wildman–Crippen LogP) is 6.91. The Labute approximate surface area is 200 Å². The molecule has 158 valence electrons. The van der Waals surface area contributed by atoms with Crippen LogP contribution in [0, 0.1) is 0 Å². The standard InChI is InChI=1S/C27H32Br2Si/c1-26(2,3)19-13-21(28)17-24(15-19)30(7,23-11-9-8-10-12-23)25-16-20(27(4,5)6)14-22(29)18-25/h8-18H,1-7H3. The van der Waals surface area contributed by atoms with E-state index in [2.05, 4.69) is 147 Å². The van der Waals surface area contributed by atoms with Crippen molar-refractivity contribution in [3.8, 4) is 0 Å². The monoisotopic (exact) mass is 542 g/mol. The van der Waals surface area contributed by atoms with E-state index in [-0.39, 0.29) is 10.8 Å². The van der Waals surface area contributed by atoms with Crippen molar-refractivity contribution in [2.45, 2.75) is 58.9 Å². The lowest BCUT2D eigenvalue weighted by Crippen LogP contribution is -2.65. The number of rotatable bonds is 3. The minimum Gasteiger partial charge on any atom is -0.0624 e. The Morgan fingerprint density at radius 2 is 0.967 bits per heavy atom. The van der Waals surface area contributed by atoms with Crippen LogP contribution in [0.4, 0.5) is 0 Å². The first-order valence-corrected chi connectivity index (χ1v) is 14.6. The molecule has 3 heteroatoms. The van der Waals surface area contributed by atoms with Gasteiger partial charge < -0.3 is 0 Å². The van der Waals surface area contributed by atoms with Gasteiger partial charge in [-0.05, 0) is 61.8 Å². The van der Waals surface area contributed by atoms with Crippen LogP contribution in [0.2, 0.25) is 6.55 Å². The van der Waals surface area contributed by atoms with Crippen LogP contribution in [0.3, 0.4) is 0 Å². The molecule has 0 aromatic heterocycles. The van der Waals surface area contributed by atoms with Crippen molar-refractivity contribution in [1.82, 2.24) is 0 Å². The Bertz CT molecular complexity index is 977. The summed E-state index contributed by atoms with van der Waals surface area (Å²) in [5.41, 5.74) is 2.93. The molecular weight excluding hydrogens is 512 g/mol. The average Bonchev–Trinajstić information content (AvgIpc) is 2.65. The highest BCUT2D eigenvalue weighted by atomic mass is 79.9. The van der Waals surface area contributed by atoms with Crippen molar-refractivity contribution in [3.05, 3.63) is 86.8 Å². The molecule has 0 aliphatic heterocycles. The van der Waals surface area contributed by atoms with Gasteiger partial charge in [-0.3, -0.25) is 0 Å². The molecule has 0 unspecified atom stereocenters. The Hall–Kier alpha value is -1.16. The number of hydrogen-bond acceptors (Lipinski definition) is 0. The molecule has 0 heterocycles. The molecule has 3 aromatic rings. The van der Waals surface area contributed by atoms with Crippen molar-refractivity contribution in [3.63, 3.8) is 0 Å². The Balaban J connectivity index is 2.36. The molecule has 0 saturated carbocycles. The third-order valence-electron chi connectivity index (χ3n) is 6.03. The zero-order valence-corrected chi connectivity index (χ0v) is 23.3. The first-order chi connectivity index (χ1) is 13.8. The lowest BCUT2D eigenvalue weighted by Gasteiger charge is -2.33. The Morgan fingerprint density at radius 1 is 0.567 bits per heavy atom. The number of hydrogen-bond donors (Lipinski definition) is 0. The molecule has 3 rings (SSSR count). The van der Waals surface area contributed by atoms with Gasteiger partial charge in [0.25, 0.3) is 0 Å². The van der Waals surface area contributed by atoms with Crippen LogP contribution in [0.5, 0.6) is 0 Å². The van der Waals surface area contributed by atoms with E-state index in [4.69, 9.17) is 0 Å².